The highest BCUT2D eigenvalue weighted by atomic mass is 32.1. The lowest BCUT2D eigenvalue weighted by Crippen LogP contribution is -2.12. The van der Waals surface area contributed by atoms with E-state index in [1.54, 1.807) is 11.4 Å². The Bertz CT molecular complexity index is 641. The van der Waals surface area contributed by atoms with E-state index in [9.17, 15) is 9.18 Å². The zero-order valence-electron chi connectivity index (χ0n) is 9.94. The number of hydrogen-bond donors (Lipinski definition) is 2. The van der Waals surface area contributed by atoms with Gasteiger partial charge >= 0.3 is 0 Å². The molecule has 0 aliphatic rings. The Kier molecular flexibility index (Phi) is 4.29. The summed E-state index contributed by atoms with van der Waals surface area (Å²) < 4.78 is 13.2. The second-order valence-electron chi connectivity index (χ2n) is 3.66. The summed E-state index contributed by atoms with van der Waals surface area (Å²) in [6, 6.07) is 5.75. The van der Waals surface area contributed by atoms with Crippen LogP contribution in [0, 0.1) is 17.7 Å². The highest BCUT2D eigenvalue weighted by Crippen LogP contribution is 2.17. The van der Waals surface area contributed by atoms with E-state index in [-0.39, 0.29) is 12.5 Å². The van der Waals surface area contributed by atoms with Crippen LogP contribution in [-0.4, -0.2) is 12.5 Å². The molecule has 0 bridgehead atoms. The molecule has 0 saturated heterocycles. The van der Waals surface area contributed by atoms with Gasteiger partial charge in [-0.3, -0.25) is 4.79 Å². The van der Waals surface area contributed by atoms with Crippen molar-refractivity contribution < 1.29 is 9.18 Å². The average Bonchev–Trinajstić information content (AvgIpc) is 2.93. The molecule has 1 heterocycles. The largest absolute Gasteiger partial charge is 0.321 e. The standard InChI is InChI=1S/C14H11FN2OS/c15-12-3-4-13(10(8-12)2-1-6-16)17-14(18)11-5-7-19-9-11/h3-5,7-9H,6,16H2,(H,17,18). The summed E-state index contributed by atoms with van der Waals surface area (Å²) in [5.74, 6) is 4.73. The second kappa shape index (κ2) is 6.14. The van der Waals surface area contributed by atoms with Gasteiger partial charge in [0.05, 0.1) is 23.4 Å². The van der Waals surface area contributed by atoms with E-state index in [1.807, 2.05) is 5.38 Å². The average molecular weight is 274 g/mol. The lowest BCUT2D eigenvalue weighted by atomic mass is 10.1. The molecule has 3 nitrogen and oxygen atoms in total. The number of amides is 1. The number of thiophene rings is 1. The quantitative estimate of drug-likeness (QED) is 0.826. The summed E-state index contributed by atoms with van der Waals surface area (Å²) >= 11 is 1.43. The summed E-state index contributed by atoms with van der Waals surface area (Å²) in [5, 5.41) is 6.26. The molecule has 1 aromatic carbocycles. The first-order chi connectivity index (χ1) is 9.20. The third kappa shape index (κ3) is 3.41. The topological polar surface area (TPSA) is 55.1 Å². The molecule has 1 aromatic heterocycles. The maximum atomic E-state index is 13.2. The Hall–Kier alpha value is -2.16. The van der Waals surface area contributed by atoms with Gasteiger partial charge in [0.15, 0.2) is 0 Å². The molecule has 0 saturated carbocycles. The van der Waals surface area contributed by atoms with Crippen molar-refractivity contribution in [3.05, 3.63) is 52.0 Å². The summed E-state index contributed by atoms with van der Waals surface area (Å²) in [6.07, 6.45) is 0. The van der Waals surface area contributed by atoms with Crippen molar-refractivity contribution in [1.82, 2.24) is 0 Å². The lowest BCUT2D eigenvalue weighted by molar-refractivity contribution is 0.102. The molecule has 2 aromatic rings. The van der Waals surface area contributed by atoms with Gasteiger partial charge in [0.25, 0.3) is 5.91 Å². The molecule has 0 aliphatic heterocycles. The Labute approximate surface area is 114 Å². The van der Waals surface area contributed by atoms with Crippen LogP contribution in [0.4, 0.5) is 10.1 Å². The van der Waals surface area contributed by atoms with Crippen LogP contribution in [0.1, 0.15) is 15.9 Å². The smallest absolute Gasteiger partial charge is 0.256 e. The fraction of sp³-hybridized carbons (Fsp3) is 0.0714. The molecular formula is C14H11FN2OS. The first-order valence-corrected chi connectivity index (χ1v) is 6.47. The maximum absolute atomic E-state index is 13.2. The molecule has 5 heteroatoms. The zero-order valence-corrected chi connectivity index (χ0v) is 10.8. The van der Waals surface area contributed by atoms with Gasteiger partial charge in [-0.15, -0.1) is 0 Å². The lowest BCUT2D eigenvalue weighted by Gasteiger charge is -2.06. The zero-order chi connectivity index (χ0) is 13.7. The molecule has 2 rings (SSSR count). The second-order valence-corrected chi connectivity index (χ2v) is 4.44. The monoisotopic (exact) mass is 274 g/mol. The molecule has 0 fully saturated rings. The first-order valence-electron chi connectivity index (χ1n) is 5.53. The van der Waals surface area contributed by atoms with Gasteiger partial charge in [-0.05, 0) is 29.6 Å². The minimum absolute atomic E-state index is 0.175. The fourth-order valence-corrected chi connectivity index (χ4v) is 2.10. The van der Waals surface area contributed by atoms with Crippen molar-refractivity contribution in [3.63, 3.8) is 0 Å². The Balaban J connectivity index is 2.27. The number of halogens is 1. The molecule has 96 valence electrons. The van der Waals surface area contributed by atoms with E-state index in [0.717, 1.165) is 0 Å². The number of nitrogens with one attached hydrogen (secondary N) is 1. The van der Waals surface area contributed by atoms with Crippen LogP contribution in [-0.2, 0) is 0 Å². The van der Waals surface area contributed by atoms with Gasteiger partial charge < -0.3 is 11.1 Å². The van der Waals surface area contributed by atoms with Crippen molar-refractivity contribution in [1.29, 1.82) is 0 Å². The Morgan fingerprint density at radius 1 is 1.42 bits per heavy atom. The summed E-state index contributed by atoms with van der Waals surface area (Å²) in [5.41, 5.74) is 6.73. The summed E-state index contributed by atoms with van der Waals surface area (Å²) in [6.45, 7) is 0.175. The van der Waals surface area contributed by atoms with Gasteiger partial charge in [0.1, 0.15) is 5.82 Å². The van der Waals surface area contributed by atoms with E-state index in [0.29, 0.717) is 16.8 Å². The van der Waals surface area contributed by atoms with Gasteiger partial charge in [-0.1, -0.05) is 11.8 Å². The normalized spacial score (nSPS) is 9.58. The minimum atomic E-state index is -0.408. The molecule has 0 unspecified atom stereocenters. The van der Waals surface area contributed by atoms with Gasteiger partial charge in [0, 0.05) is 5.38 Å². The van der Waals surface area contributed by atoms with Crippen molar-refractivity contribution >= 4 is 22.9 Å². The number of benzene rings is 1. The van der Waals surface area contributed by atoms with Gasteiger partial charge in [0.2, 0.25) is 0 Å². The summed E-state index contributed by atoms with van der Waals surface area (Å²) in [7, 11) is 0. The van der Waals surface area contributed by atoms with Crippen LogP contribution in [0.5, 0.6) is 0 Å². The Morgan fingerprint density at radius 3 is 2.95 bits per heavy atom. The number of rotatable bonds is 2. The highest BCUT2D eigenvalue weighted by molar-refractivity contribution is 7.08. The van der Waals surface area contributed by atoms with Crippen molar-refractivity contribution in [3.8, 4) is 11.8 Å². The van der Waals surface area contributed by atoms with Crippen molar-refractivity contribution in [2.75, 3.05) is 11.9 Å². The Morgan fingerprint density at radius 2 is 2.26 bits per heavy atom. The number of nitrogens with two attached hydrogens (primary N) is 1. The highest BCUT2D eigenvalue weighted by Gasteiger charge is 2.09. The van der Waals surface area contributed by atoms with Crippen molar-refractivity contribution in [2.45, 2.75) is 0 Å². The molecule has 19 heavy (non-hydrogen) atoms. The predicted molar refractivity (Wildman–Crippen MR) is 74.6 cm³/mol. The van der Waals surface area contributed by atoms with Crippen LogP contribution in [0.3, 0.4) is 0 Å². The molecular weight excluding hydrogens is 263 g/mol. The van der Waals surface area contributed by atoms with Crippen LogP contribution < -0.4 is 11.1 Å². The molecule has 0 atom stereocenters. The first kappa shape index (κ1) is 13.3. The molecule has 0 aliphatic carbocycles. The number of anilines is 1. The fourth-order valence-electron chi connectivity index (χ4n) is 1.46. The van der Waals surface area contributed by atoms with E-state index in [2.05, 4.69) is 17.2 Å². The van der Waals surface area contributed by atoms with Gasteiger partial charge in [-0.25, -0.2) is 4.39 Å². The van der Waals surface area contributed by atoms with Crippen molar-refractivity contribution in [2.24, 2.45) is 5.73 Å². The van der Waals surface area contributed by atoms with E-state index >= 15 is 0 Å². The van der Waals surface area contributed by atoms with E-state index in [4.69, 9.17) is 5.73 Å². The predicted octanol–water partition coefficient (Wildman–Crippen LogP) is 2.45. The van der Waals surface area contributed by atoms with Crippen LogP contribution in [0.25, 0.3) is 0 Å². The molecule has 0 spiro atoms. The molecule has 0 radical (unpaired) electrons. The van der Waals surface area contributed by atoms with Crippen LogP contribution in [0.15, 0.2) is 35.0 Å². The molecule has 1 amide bonds. The summed E-state index contributed by atoms with van der Waals surface area (Å²) in [4.78, 5) is 11.9. The molecule has 3 N–H and O–H groups in total. The van der Waals surface area contributed by atoms with E-state index < -0.39 is 5.82 Å². The van der Waals surface area contributed by atoms with Crippen LogP contribution in [0.2, 0.25) is 0 Å². The minimum Gasteiger partial charge on any atom is -0.321 e. The number of carbonyl (C=O) groups is 1. The SMILES string of the molecule is NCC#Cc1cc(F)ccc1NC(=O)c1ccsc1. The van der Waals surface area contributed by atoms with Gasteiger partial charge in [-0.2, -0.15) is 11.3 Å². The van der Waals surface area contributed by atoms with Crippen LogP contribution >= 0.6 is 11.3 Å². The maximum Gasteiger partial charge on any atom is 0.256 e. The number of carbonyl (C=O) groups excluding carboxylic acids is 1. The third-order valence-electron chi connectivity index (χ3n) is 2.34. The number of hydrogen-bond acceptors (Lipinski definition) is 3. The third-order valence-corrected chi connectivity index (χ3v) is 3.02. The van der Waals surface area contributed by atoms with E-state index in [1.165, 1.54) is 29.5 Å².